The van der Waals surface area contributed by atoms with Gasteiger partial charge in [-0.2, -0.15) is 5.01 Å². The molecule has 8 heteroatoms. The van der Waals surface area contributed by atoms with Gasteiger partial charge in [0.15, 0.2) is 0 Å². The van der Waals surface area contributed by atoms with Crippen molar-refractivity contribution in [1.29, 1.82) is 0 Å². The topological polar surface area (TPSA) is 91.0 Å². The van der Waals surface area contributed by atoms with Gasteiger partial charge in [0.05, 0.1) is 13.7 Å². The Morgan fingerprint density at radius 1 is 1.26 bits per heavy atom. The highest BCUT2D eigenvalue weighted by atomic mass is 16.5. The molecule has 0 aliphatic carbocycles. The third kappa shape index (κ3) is 3.90. The van der Waals surface area contributed by atoms with Crippen molar-refractivity contribution in [1.82, 2.24) is 20.7 Å². The molecule has 0 bridgehead atoms. The number of hydrazine groups is 1. The van der Waals surface area contributed by atoms with Crippen LogP contribution in [0.4, 0.5) is 4.79 Å². The van der Waals surface area contributed by atoms with Crippen molar-refractivity contribution in [2.75, 3.05) is 26.7 Å². The fraction of sp³-hybridized carbons (Fsp3) is 0.526. The number of hydrogen-bond donors (Lipinski definition) is 2. The second kappa shape index (κ2) is 7.56. The SMILES string of the molecule is COc1ccc([C@@]2(C)NC(=O)N(NC(=O)CN3CCC(C)CC3)C2=O)cc1. The van der Waals surface area contributed by atoms with Gasteiger partial charge in [0.1, 0.15) is 11.3 Å². The van der Waals surface area contributed by atoms with Gasteiger partial charge in [-0.05, 0) is 56.5 Å². The van der Waals surface area contributed by atoms with E-state index >= 15 is 0 Å². The van der Waals surface area contributed by atoms with Crippen LogP contribution in [-0.2, 0) is 15.1 Å². The normalized spacial score (nSPS) is 24.0. The molecule has 2 heterocycles. The molecule has 1 atom stereocenters. The molecule has 0 unspecified atom stereocenters. The van der Waals surface area contributed by atoms with Crippen molar-refractivity contribution < 1.29 is 19.1 Å². The van der Waals surface area contributed by atoms with Crippen molar-refractivity contribution in [3.63, 3.8) is 0 Å². The lowest BCUT2D eigenvalue weighted by molar-refractivity contribution is -0.139. The van der Waals surface area contributed by atoms with E-state index in [1.807, 2.05) is 4.90 Å². The standard InChI is InChI=1S/C19H26N4O4/c1-13-8-10-22(11-9-13)12-16(24)21-23-17(25)19(2,20-18(23)26)14-4-6-15(27-3)7-5-14/h4-7,13H,8-12H2,1-3H3,(H,20,26)(H,21,24)/t19-/m1/s1. The van der Waals surface area contributed by atoms with Crippen molar-refractivity contribution >= 4 is 17.8 Å². The maximum atomic E-state index is 12.8. The minimum absolute atomic E-state index is 0.170. The lowest BCUT2D eigenvalue weighted by atomic mass is 9.92. The first-order chi connectivity index (χ1) is 12.8. The fourth-order valence-corrected chi connectivity index (χ4v) is 3.44. The van der Waals surface area contributed by atoms with E-state index in [0.717, 1.165) is 30.9 Å². The quantitative estimate of drug-likeness (QED) is 0.757. The number of imide groups is 1. The number of urea groups is 1. The van der Waals surface area contributed by atoms with E-state index in [-0.39, 0.29) is 12.5 Å². The van der Waals surface area contributed by atoms with E-state index < -0.39 is 17.5 Å². The van der Waals surface area contributed by atoms with E-state index in [4.69, 9.17) is 4.74 Å². The van der Waals surface area contributed by atoms with E-state index in [9.17, 15) is 14.4 Å². The first-order valence-corrected chi connectivity index (χ1v) is 9.16. The largest absolute Gasteiger partial charge is 0.497 e. The van der Waals surface area contributed by atoms with Crippen LogP contribution in [0.15, 0.2) is 24.3 Å². The summed E-state index contributed by atoms with van der Waals surface area (Å²) in [7, 11) is 1.56. The minimum atomic E-state index is -1.24. The molecular formula is C19H26N4O4. The molecule has 3 rings (SSSR count). The molecule has 146 valence electrons. The highest BCUT2D eigenvalue weighted by molar-refractivity contribution is 6.08. The van der Waals surface area contributed by atoms with Crippen LogP contribution in [0.2, 0.25) is 0 Å². The summed E-state index contributed by atoms with van der Waals surface area (Å²) < 4.78 is 5.12. The van der Waals surface area contributed by atoms with Gasteiger partial charge >= 0.3 is 6.03 Å². The van der Waals surface area contributed by atoms with Gasteiger partial charge in [0.25, 0.3) is 11.8 Å². The number of nitrogens with one attached hydrogen (secondary N) is 2. The molecule has 1 aromatic carbocycles. The Hall–Kier alpha value is -2.61. The summed E-state index contributed by atoms with van der Waals surface area (Å²) in [4.78, 5) is 39.5. The second-order valence-corrected chi connectivity index (χ2v) is 7.42. The number of rotatable bonds is 5. The molecule has 0 aromatic heterocycles. The highest BCUT2D eigenvalue weighted by Crippen LogP contribution is 2.29. The second-order valence-electron chi connectivity index (χ2n) is 7.42. The van der Waals surface area contributed by atoms with Gasteiger partial charge in [-0.15, -0.1) is 0 Å². The first kappa shape index (κ1) is 19.2. The lowest BCUT2D eigenvalue weighted by Crippen LogP contribution is -2.51. The number of benzene rings is 1. The highest BCUT2D eigenvalue weighted by Gasteiger charge is 2.50. The third-order valence-corrected chi connectivity index (χ3v) is 5.34. The van der Waals surface area contributed by atoms with Gasteiger partial charge < -0.3 is 10.1 Å². The first-order valence-electron chi connectivity index (χ1n) is 9.16. The van der Waals surface area contributed by atoms with Crippen molar-refractivity contribution in [3.05, 3.63) is 29.8 Å². The fourth-order valence-electron chi connectivity index (χ4n) is 3.44. The van der Waals surface area contributed by atoms with Crippen molar-refractivity contribution in [3.8, 4) is 5.75 Å². The maximum Gasteiger partial charge on any atom is 0.344 e. The van der Waals surface area contributed by atoms with E-state index in [1.54, 1.807) is 38.3 Å². The van der Waals surface area contributed by atoms with Crippen LogP contribution in [-0.4, -0.2) is 54.5 Å². The molecule has 2 aliphatic rings. The number of amides is 4. The number of piperidine rings is 1. The predicted octanol–water partition coefficient (Wildman–Crippen LogP) is 1.23. The molecule has 8 nitrogen and oxygen atoms in total. The predicted molar refractivity (Wildman–Crippen MR) is 98.7 cm³/mol. The Labute approximate surface area is 158 Å². The molecule has 2 aliphatic heterocycles. The molecule has 1 aromatic rings. The average Bonchev–Trinajstić information content (AvgIpc) is 2.88. The lowest BCUT2D eigenvalue weighted by Gasteiger charge is -2.30. The Morgan fingerprint density at radius 2 is 1.89 bits per heavy atom. The zero-order chi connectivity index (χ0) is 19.6. The van der Waals surface area contributed by atoms with Crippen LogP contribution < -0.4 is 15.5 Å². The molecule has 27 heavy (non-hydrogen) atoms. The smallest absolute Gasteiger partial charge is 0.344 e. The van der Waals surface area contributed by atoms with Gasteiger partial charge in [0, 0.05) is 0 Å². The molecule has 0 radical (unpaired) electrons. The summed E-state index contributed by atoms with van der Waals surface area (Å²) >= 11 is 0. The van der Waals surface area contributed by atoms with Crippen LogP contribution in [0.3, 0.4) is 0 Å². The molecule has 2 N–H and O–H groups in total. The summed E-state index contributed by atoms with van der Waals surface area (Å²) in [5.74, 6) is 0.436. The molecule has 0 saturated carbocycles. The summed E-state index contributed by atoms with van der Waals surface area (Å²) in [6.07, 6.45) is 2.10. The Morgan fingerprint density at radius 3 is 2.48 bits per heavy atom. The summed E-state index contributed by atoms with van der Waals surface area (Å²) in [5.41, 5.74) is 1.83. The minimum Gasteiger partial charge on any atom is -0.497 e. The number of carbonyl (C=O) groups is 3. The molecule has 4 amide bonds. The van der Waals surface area contributed by atoms with Gasteiger partial charge in [-0.3, -0.25) is 19.9 Å². The summed E-state index contributed by atoms with van der Waals surface area (Å²) in [5, 5.41) is 3.44. The number of carbonyl (C=O) groups excluding carboxylic acids is 3. The summed E-state index contributed by atoms with van der Waals surface area (Å²) in [6, 6.07) is 6.24. The number of methoxy groups -OCH3 is 1. The van der Waals surface area contributed by atoms with Crippen molar-refractivity contribution in [2.45, 2.75) is 32.2 Å². The molecule has 0 spiro atoms. The van der Waals surface area contributed by atoms with Gasteiger partial charge in [0.2, 0.25) is 0 Å². The monoisotopic (exact) mass is 374 g/mol. The maximum absolute atomic E-state index is 12.8. The number of ether oxygens (including phenoxy) is 1. The van der Waals surface area contributed by atoms with Gasteiger partial charge in [-0.1, -0.05) is 19.1 Å². The number of hydrogen-bond acceptors (Lipinski definition) is 5. The molecule has 2 saturated heterocycles. The number of nitrogens with zero attached hydrogens (tertiary/aromatic N) is 2. The Balaban J connectivity index is 1.65. The third-order valence-electron chi connectivity index (χ3n) is 5.34. The number of likely N-dealkylation sites (tertiary alicyclic amines) is 1. The zero-order valence-corrected chi connectivity index (χ0v) is 15.9. The Bertz CT molecular complexity index is 728. The van der Waals surface area contributed by atoms with E-state index in [0.29, 0.717) is 17.2 Å². The van der Waals surface area contributed by atoms with Crippen LogP contribution in [0.1, 0.15) is 32.3 Å². The van der Waals surface area contributed by atoms with E-state index in [2.05, 4.69) is 17.7 Å². The van der Waals surface area contributed by atoms with Crippen LogP contribution in [0.25, 0.3) is 0 Å². The van der Waals surface area contributed by atoms with Crippen LogP contribution in [0.5, 0.6) is 5.75 Å². The van der Waals surface area contributed by atoms with Crippen LogP contribution in [0, 0.1) is 5.92 Å². The van der Waals surface area contributed by atoms with E-state index in [1.165, 1.54) is 0 Å². The molecular weight excluding hydrogens is 348 g/mol. The zero-order valence-electron chi connectivity index (χ0n) is 15.9. The average molecular weight is 374 g/mol. The van der Waals surface area contributed by atoms with Gasteiger partial charge in [-0.25, -0.2) is 4.79 Å². The molecule has 2 fully saturated rings. The Kier molecular flexibility index (Phi) is 5.36. The van der Waals surface area contributed by atoms with Crippen molar-refractivity contribution in [2.24, 2.45) is 5.92 Å². The van der Waals surface area contributed by atoms with Crippen LogP contribution >= 0.6 is 0 Å². The summed E-state index contributed by atoms with van der Waals surface area (Å²) in [6.45, 7) is 5.68.